The minimum absolute atomic E-state index is 0.271. The molecule has 1 heterocycles. The third-order valence-electron chi connectivity index (χ3n) is 3.61. The Bertz CT molecular complexity index is 929. The smallest absolute Gasteiger partial charge is 0.271 e. The van der Waals surface area contributed by atoms with E-state index in [-0.39, 0.29) is 11.5 Å². The van der Waals surface area contributed by atoms with E-state index in [0.29, 0.717) is 16.4 Å². The summed E-state index contributed by atoms with van der Waals surface area (Å²) in [5, 5.41) is 3.47. The molecular formula is C18H17ClN6O. The van der Waals surface area contributed by atoms with Gasteiger partial charge in [0.15, 0.2) is 11.6 Å². The molecule has 5 N–H and O–H groups in total. The van der Waals surface area contributed by atoms with E-state index in [4.69, 9.17) is 17.3 Å². The van der Waals surface area contributed by atoms with Gasteiger partial charge in [-0.3, -0.25) is 15.6 Å². The van der Waals surface area contributed by atoms with E-state index in [1.54, 1.807) is 24.3 Å². The summed E-state index contributed by atoms with van der Waals surface area (Å²) < 4.78 is 0. The van der Waals surface area contributed by atoms with Crippen LogP contribution in [0.1, 0.15) is 15.9 Å². The van der Waals surface area contributed by atoms with Gasteiger partial charge in [-0.15, -0.1) is 0 Å². The van der Waals surface area contributed by atoms with E-state index < -0.39 is 5.91 Å². The molecule has 0 spiro atoms. The van der Waals surface area contributed by atoms with Crippen LogP contribution in [-0.2, 0) is 0 Å². The van der Waals surface area contributed by atoms with Crippen LogP contribution in [0.2, 0.25) is 5.02 Å². The van der Waals surface area contributed by atoms with Crippen LogP contribution in [-0.4, -0.2) is 15.9 Å². The van der Waals surface area contributed by atoms with Gasteiger partial charge in [0, 0.05) is 5.69 Å². The van der Waals surface area contributed by atoms with Crippen LogP contribution in [0.15, 0.2) is 54.9 Å². The second-order valence-corrected chi connectivity index (χ2v) is 5.94. The van der Waals surface area contributed by atoms with Crippen molar-refractivity contribution in [2.45, 2.75) is 6.92 Å². The van der Waals surface area contributed by atoms with E-state index in [2.05, 4.69) is 26.1 Å². The maximum absolute atomic E-state index is 12.2. The number of nitrogens with two attached hydrogens (primary N) is 1. The number of amides is 1. The van der Waals surface area contributed by atoms with Crippen LogP contribution < -0.4 is 21.9 Å². The number of rotatable bonds is 5. The fraction of sp³-hybridized carbons (Fsp3) is 0.0556. The zero-order valence-corrected chi connectivity index (χ0v) is 14.7. The second-order valence-electron chi connectivity index (χ2n) is 5.53. The van der Waals surface area contributed by atoms with Crippen LogP contribution >= 0.6 is 11.6 Å². The van der Waals surface area contributed by atoms with Gasteiger partial charge < -0.3 is 11.1 Å². The summed E-state index contributed by atoms with van der Waals surface area (Å²) in [4.78, 5) is 20.4. The molecule has 8 heteroatoms. The predicted octanol–water partition coefficient (Wildman–Crippen LogP) is 3.52. The van der Waals surface area contributed by atoms with Crippen molar-refractivity contribution in [2.24, 2.45) is 0 Å². The molecule has 2 aromatic carbocycles. The fourth-order valence-corrected chi connectivity index (χ4v) is 2.42. The molecule has 1 aromatic heterocycles. The number of hydrazine groups is 1. The van der Waals surface area contributed by atoms with Gasteiger partial charge in [-0.05, 0) is 31.2 Å². The summed E-state index contributed by atoms with van der Waals surface area (Å²) >= 11 is 6.01. The third-order valence-corrected chi connectivity index (χ3v) is 3.94. The lowest BCUT2D eigenvalue weighted by molar-refractivity contribution is 0.0962. The number of carbonyl (C=O) groups is 1. The van der Waals surface area contributed by atoms with Crippen LogP contribution in [0.25, 0.3) is 0 Å². The quantitative estimate of drug-likeness (QED) is 0.513. The van der Waals surface area contributed by atoms with E-state index in [1.165, 1.54) is 6.33 Å². The molecule has 3 rings (SSSR count). The minimum Gasteiger partial charge on any atom is -0.393 e. The van der Waals surface area contributed by atoms with Crippen molar-refractivity contribution in [2.75, 3.05) is 16.5 Å². The number of aryl methyl sites for hydroxylation is 1. The molecule has 0 bridgehead atoms. The van der Waals surface area contributed by atoms with E-state index in [0.717, 1.165) is 11.3 Å². The minimum atomic E-state index is -0.401. The Hall–Kier alpha value is -3.32. The number of halogens is 1. The highest BCUT2D eigenvalue weighted by molar-refractivity contribution is 6.33. The Kier molecular flexibility index (Phi) is 5.19. The summed E-state index contributed by atoms with van der Waals surface area (Å²) in [5.74, 6) is 0.301. The van der Waals surface area contributed by atoms with Gasteiger partial charge in [0.25, 0.3) is 5.91 Å². The molecule has 132 valence electrons. The zero-order valence-electron chi connectivity index (χ0n) is 14.0. The summed E-state index contributed by atoms with van der Waals surface area (Å²) in [6.45, 7) is 2.01. The summed E-state index contributed by atoms with van der Waals surface area (Å²) in [6.07, 6.45) is 1.34. The third kappa shape index (κ3) is 4.01. The average molecular weight is 369 g/mol. The first-order chi connectivity index (χ1) is 12.5. The summed E-state index contributed by atoms with van der Waals surface area (Å²) in [6, 6.07) is 14.5. The number of benzene rings is 2. The highest BCUT2D eigenvalue weighted by atomic mass is 35.5. The number of aromatic nitrogens is 2. The first-order valence-electron chi connectivity index (χ1n) is 7.79. The second kappa shape index (κ2) is 7.71. The molecule has 0 saturated heterocycles. The number of nitrogens with zero attached hydrogens (tertiary/aromatic N) is 2. The van der Waals surface area contributed by atoms with Crippen LogP contribution in [0.4, 0.5) is 23.0 Å². The lowest BCUT2D eigenvalue weighted by Gasteiger charge is -2.13. The Labute approximate surface area is 155 Å². The zero-order chi connectivity index (χ0) is 18.5. The first-order valence-corrected chi connectivity index (χ1v) is 8.17. The monoisotopic (exact) mass is 368 g/mol. The number of carbonyl (C=O) groups excluding carboxylic acids is 1. The molecule has 0 radical (unpaired) electrons. The van der Waals surface area contributed by atoms with Gasteiger partial charge in [0.05, 0.1) is 10.6 Å². The van der Waals surface area contributed by atoms with Gasteiger partial charge >= 0.3 is 0 Å². The fourth-order valence-electron chi connectivity index (χ4n) is 2.20. The lowest BCUT2D eigenvalue weighted by Crippen LogP contribution is -2.30. The van der Waals surface area contributed by atoms with Gasteiger partial charge in [0.2, 0.25) is 0 Å². The van der Waals surface area contributed by atoms with E-state index in [1.807, 2.05) is 31.2 Å². The van der Waals surface area contributed by atoms with Crippen molar-refractivity contribution < 1.29 is 4.79 Å². The highest BCUT2D eigenvalue weighted by Gasteiger charge is 2.12. The van der Waals surface area contributed by atoms with Crippen molar-refractivity contribution >= 4 is 40.5 Å². The van der Waals surface area contributed by atoms with Gasteiger partial charge in [-0.25, -0.2) is 9.97 Å². The number of anilines is 4. The highest BCUT2D eigenvalue weighted by Crippen LogP contribution is 2.25. The molecule has 0 saturated carbocycles. The lowest BCUT2D eigenvalue weighted by atomic mass is 10.2. The first kappa shape index (κ1) is 17.5. The molecule has 0 aliphatic heterocycles. The number of nitrogen functional groups attached to an aromatic ring is 1. The molecule has 0 unspecified atom stereocenters. The Balaban J connectivity index is 1.72. The van der Waals surface area contributed by atoms with Crippen LogP contribution in [0.5, 0.6) is 0 Å². The molecule has 7 nitrogen and oxygen atoms in total. The van der Waals surface area contributed by atoms with Gasteiger partial charge in [0.1, 0.15) is 12.0 Å². The molecule has 3 aromatic rings. The Morgan fingerprint density at radius 3 is 2.46 bits per heavy atom. The predicted molar refractivity (Wildman–Crippen MR) is 103 cm³/mol. The molecule has 0 aliphatic rings. The number of hydrogen-bond donors (Lipinski definition) is 4. The van der Waals surface area contributed by atoms with Crippen molar-refractivity contribution in [3.63, 3.8) is 0 Å². The van der Waals surface area contributed by atoms with E-state index >= 15 is 0 Å². The molecule has 1 amide bonds. The standard InChI is InChI=1S/C18H17ClN6O/c1-11-6-8-12(9-7-11)23-16-15(20)17(22-10-21-16)24-25-18(26)13-4-2-3-5-14(13)19/h2-10H,20H2,1H3,(H,25,26)(H2,21,22,23,24). The van der Waals surface area contributed by atoms with Gasteiger partial charge in [-0.2, -0.15) is 0 Å². The SMILES string of the molecule is Cc1ccc(Nc2ncnc(NNC(=O)c3ccccc3Cl)c2N)cc1. The maximum Gasteiger partial charge on any atom is 0.271 e. The largest absolute Gasteiger partial charge is 0.393 e. The molecule has 0 fully saturated rings. The number of nitrogens with one attached hydrogen (secondary N) is 3. The van der Waals surface area contributed by atoms with Crippen molar-refractivity contribution in [1.29, 1.82) is 0 Å². The van der Waals surface area contributed by atoms with Crippen LogP contribution in [0.3, 0.4) is 0 Å². The Morgan fingerprint density at radius 2 is 1.73 bits per heavy atom. The van der Waals surface area contributed by atoms with Crippen molar-refractivity contribution in [3.05, 3.63) is 71.0 Å². The van der Waals surface area contributed by atoms with Crippen LogP contribution in [0, 0.1) is 6.92 Å². The summed E-state index contributed by atoms with van der Waals surface area (Å²) in [5.41, 5.74) is 13.9. The summed E-state index contributed by atoms with van der Waals surface area (Å²) in [7, 11) is 0. The normalized spacial score (nSPS) is 10.2. The van der Waals surface area contributed by atoms with Crippen molar-refractivity contribution in [1.82, 2.24) is 15.4 Å². The van der Waals surface area contributed by atoms with Crippen molar-refractivity contribution in [3.8, 4) is 0 Å². The molecule has 0 aliphatic carbocycles. The molecule has 26 heavy (non-hydrogen) atoms. The molecular weight excluding hydrogens is 352 g/mol. The Morgan fingerprint density at radius 1 is 1.04 bits per heavy atom. The van der Waals surface area contributed by atoms with E-state index in [9.17, 15) is 4.79 Å². The maximum atomic E-state index is 12.2. The topological polar surface area (TPSA) is 105 Å². The van der Waals surface area contributed by atoms with Gasteiger partial charge in [-0.1, -0.05) is 41.4 Å². The number of hydrogen-bond acceptors (Lipinski definition) is 6. The average Bonchev–Trinajstić information content (AvgIpc) is 2.64. The molecule has 0 atom stereocenters.